The Kier molecular flexibility index (Phi) is 2.60. The van der Waals surface area contributed by atoms with Gasteiger partial charge in [0.25, 0.3) is 0 Å². The molecule has 0 fully saturated rings. The van der Waals surface area contributed by atoms with Crippen LogP contribution in [-0.2, 0) is 0 Å². The first kappa shape index (κ1) is 9.61. The summed E-state index contributed by atoms with van der Waals surface area (Å²) in [5.74, 6) is 0.222. The molecule has 1 aromatic carbocycles. The number of hydrogen-bond donors (Lipinski definition) is 2. The van der Waals surface area contributed by atoms with Gasteiger partial charge in [0, 0.05) is 0 Å². The minimum Gasteiger partial charge on any atom is -0.382 e. The fraction of sp³-hybridized carbons (Fsp3) is 0.0909. The Morgan fingerprint density at radius 3 is 2.67 bits per heavy atom. The molecule has 15 heavy (non-hydrogen) atoms. The lowest BCUT2D eigenvalue weighted by Crippen LogP contribution is -1.99. The Morgan fingerprint density at radius 1 is 1.33 bits per heavy atom. The summed E-state index contributed by atoms with van der Waals surface area (Å²) < 4.78 is 0. The number of nitrogens with one attached hydrogen (secondary N) is 1. The summed E-state index contributed by atoms with van der Waals surface area (Å²) in [6.45, 7) is 0. The second-order valence-corrected chi connectivity index (χ2v) is 3.15. The standard InChI is InChI=1S/C11H10N2O2/c14-7-10-12-6-9(13-10)11(15)8-4-2-1-3-5-8/h1-7,11,15H,(H,12,13). The van der Waals surface area contributed by atoms with E-state index in [1.165, 1.54) is 6.20 Å². The van der Waals surface area contributed by atoms with Gasteiger partial charge in [0.15, 0.2) is 12.1 Å². The molecular weight excluding hydrogens is 192 g/mol. The van der Waals surface area contributed by atoms with Gasteiger partial charge in [-0.3, -0.25) is 4.79 Å². The van der Waals surface area contributed by atoms with Crippen molar-refractivity contribution in [2.75, 3.05) is 0 Å². The van der Waals surface area contributed by atoms with E-state index in [9.17, 15) is 9.90 Å². The van der Waals surface area contributed by atoms with E-state index in [0.29, 0.717) is 12.0 Å². The smallest absolute Gasteiger partial charge is 0.185 e. The maximum Gasteiger partial charge on any atom is 0.185 e. The Labute approximate surface area is 86.6 Å². The first-order valence-electron chi connectivity index (χ1n) is 4.54. The molecule has 0 bridgehead atoms. The van der Waals surface area contributed by atoms with E-state index in [4.69, 9.17) is 0 Å². The SMILES string of the molecule is O=Cc1ncc(C(O)c2ccccc2)[nH]1. The van der Waals surface area contributed by atoms with Crippen molar-refractivity contribution in [3.63, 3.8) is 0 Å². The molecule has 4 heteroatoms. The second-order valence-electron chi connectivity index (χ2n) is 3.15. The normalized spacial score (nSPS) is 12.3. The monoisotopic (exact) mass is 202 g/mol. The van der Waals surface area contributed by atoms with Crippen LogP contribution in [0.4, 0.5) is 0 Å². The lowest BCUT2D eigenvalue weighted by atomic mass is 10.1. The van der Waals surface area contributed by atoms with Gasteiger partial charge in [0.05, 0.1) is 11.9 Å². The zero-order chi connectivity index (χ0) is 10.7. The van der Waals surface area contributed by atoms with Crippen LogP contribution in [0.3, 0.4) is 0 Å². The van der Waals surface area contributed by atoms with Crippen LogP contribution >= 0.6 is 0 Å². The summed E-state index contributed by atoms with van der Waals surface area (Å²) in [5, 5.41) is 9.91. The Bertz CT molecular complexity index is 451. The van der Waals surface area contributed by atoms with Crippen molar-refractivity contribution in [1.29, 1.82) is 0 Å². The molecule has 2 N–H and O–H groups in total. The highest BCUT2D eigenvalue weighted by Gasteiger charge is 2.12. The summed E-state index contributed by atoms with van der Waals surface area (Å²) in [6.07, 6.45) is 1.30. The average molecular weight is 202 g/mol. The van der Waals surface area contributed by atoms with E-state index in [-0.39, 0.29) is 5.82 Å². The average Bonchev–Trinajstić information content (AvgIpc) is 2.78. The molecule has 0 amide bonds. The third-order valence-electron chi connectivity index (χ3n) is 2.14. The highest BCUT2D eigenvalue weighted by Crippen LogP contribution is 2.19. The number of aldehydes is 1. The van der Waals surface area contributed by atoms with E-state index in [0.717, 1.165) is 5.56 Å². The van der Waals surface area contributed by atoms with Gasteiger partial charge in [0.1, 0.15) is 6.10 Å². The van der Waals surface area contributed by atoms with Crippen LogP contribution in [-0.4, -0.2) is 21.4 Å². The predicted molar refractivity (Wildman–Crippen MR) is 54.5 cm³/mol. The lowest BCUT2D eigenvalue weighted by molar-refractivity contribution is 0.111. The summed E-state index contributed by atoms with van der Waals surface area (Å²) in [5.41, 5.74) is 1.28. The molecule has 4 nitrogen and oxygen atoms in total. The van der Waals surface area contributed by atoms with Gasteiger partial charge in [-0.15, -0.1) is 0 Å². The van der Waals surface area contributed by atoms with Gasteiger partial charge in [-0.25, -0.2) is 4.98 Å². The topological polar surface area (TPSA) is 66.0 Å². The number of imidazole rings is 1. The molecule has 1 aromatic heterocycles. The molecule has 0 saturated heterocycles. The quantitative estimate of drug-likeness (QED) is 0.737. The number of rotatable bonds is 3. The van der Waals surface area contributed by atoms with Crippen molar-refractivity contribution < 1.29 is 9.90 Å². The molecule has 0 aliphatic heterocycles. The van der Waals surface area contributed by atoms with Gasteiger partial charge >= 0.3 is 0 Å². The van der Waals surface area contributed by atoms with Crippen molar-refractivity contribution >= 4 is 6.29 Å². The maximum absolute atomic E-state index is 10.4. The van der Waals surface area contributed by atoms with Crippen molar-refractivity contribution in [3.05, 3.63) is 53.6 Å². The van der Waals surface area contributed by atoms with Gasteiger partial charge in [-0.05, 0) is 5.56 Å². The third-order valence-corrected chi connectivity index (χ3v) is 2.14. The number of carbonyl (C=O) groups excluding carboxylic acids is 1. The molecule has 0 aliphatic carbocycles. The number of aromatic amines is 1. The molecule has 0 radical (unpaired) electrons. The van der Waals surface area contributed by atoms with Gasteiger partial charge < -0.3 is 10.1 Å². The largest absolute Gasteiger partial charge is 0.382 e. The fourth-order valence-electron chi connectivity index (χ4n) is 1.37. The van der Waals surface area contributed by atoms with Crippen molar-refractivity contribution in [3.8, 4) is 0 Å². The number of carbonyl (C=O) groups is 1. The number of aliphatic hydroxyl groups is 1. The van der Waals surface area contributed by atoms with Crippen LogP contribution < -0.4 is 0 Å². The molecule has 1 unspecified atom stereocenters. The molecule has 76 valence electrons. The van der Waals surface area contributed by atoms with Crippen LogP contribution in [0.1, 0.15) is 28.0 Å². The van der Waals surface area contributed by atoms with E-state index in [1.54, 1.807) is 0 Å². The lowest BCUT2D eigenvalue weighted by Gasteiger charge is -2.07. The minimum absolute atomic E-state index is 0.222. The summed E-state index contributed by atoms with van der Waals surface area (Å²) >= 11 is 0. The number of aliphatic hydroxyl groups excluding tert-OH is 1. The van der Waals surface area contributed by atoms with Crippen LogP contribution in [0.15, 0.2) is 36.5 Å². The van der Waals surface area contributed by atoms with Crippen LogP contribution in [0.2, 0.25) is 0 Å². The molecule has 2 aromatic rings. The first-order chi connectivity index (χ1) is 7.31. The van der Waals surface area contributed by atoms with E-state index < -0.39 is 6.10 Å². The summed E-state index contributed by atoms with van der Waals surface area (Å²) in [7, 11) is 0. The highest BCUT2D eigenvalue weighted by molar-refractivity contribution is 5.68. The fourth-order valence-corrected chi connectivity index (χ4v) is 1.37. The van der Waals surface area contributed by atoms with Gasteiger partial charge in [-0.1, -0.05) is 30.3 Å². The number of benzene rings is 1. The van der Waals surface area contributed by atoms with Crippen molar-refractivity contribution in [1.82, 2.24) is 9.97 Å². The molecule has 0 spiro atoms. The first-order valence-corrected chi connectivity index (χ1v) is 4.54. The Balaban J connectivity index is 2.28. The van der Waals surface area contributed by atoms with Gasteiger partial charge in [0.2, 0.25) is 0 Å². The number of aromatic nitrogens is 2. The second kappa shape index (κ2) is 4.06. The number of H-pyrrole nitrogens is 1. The Morgan fingerprint density at radius 2 is 2.07 bits per heavy atom. The Hall–Kier alpha value is -1.94. The van der Waals surface area contributed by atoms with E-state index >= 15 is 0 Å². The van der Waals surface area contributed by atoms with E-state index in [1.807, 2.05) is 30.3 Å². The summed E-state index contributed by atoms with van der Waals surface area (Å²) in [4.78, 5) is 16.9. The molecule has 2 rings (SSSR count). The predicted octanol–water partition coefficient (Wildman–Crippen LogP) is 1.30. The molecule has 1 atom stereocenters. The highest BCUT2D eigenvalue weighted by atomic mass is 16.3. The molecule has 0 saturated carbocycles. The summed E-state index contributed by atoms with van der Waals surface area (Å²) in [6, 6.07) is 9.18. The third kappa shape index (κ3) is 1.94. The zero-order valence-electron chi connectivity index (χ0n) is 7.92. The van der Waals surface area contributed by atoms with Crippen LogP contribution in [0.25, 0.3) is 0 Å². The van der Waals surface area contributed by atoms with Crippen molar-refractivity contribution in [2.24, 2.45) is 0 Å². The van der Waals surface area contributed by atoms with Crippen LogP contribution in [0, 0.1) is 0 Å². The maximum atomic E-state index is 10.4. The number of hydrogen-bond acceptors (Lipinski definition) is 3. The zero-order valence-corrected chi connectivity index (χ0v) is 7.92. The number of nitrogens with zero attached hydrogens (tertiary/aromatic N) is 1. The molecule has 1 heterocycles. The van der Waals surface area contributed by atoms with E-state index in [2.05, 4.69) is 9.97 Å². The van der Waals surface area contributed by atoms with Gasteiger partial charge in [-0.2, -0.15) is 0 Å². The van der Waals surface area contributed by atoms with Crippen LogP contribution in [0.5, 0.6) is 0 Å². The molecule has 0 aliphatic rings. The minimum atomic E-state index is -0.771. The molecular formula is C11H10N2O2. The van der Waals surface area contributed by atoms with Crippen molar-refractivity contribution in [2.45, 2.75) is 6.10 Å².